The predicted octanol–water partition coefficient (Wildman–Crippen LogP) is 2.60. The van der Waals surface area contributed by atoms with Crippen LogP contribution in [-0.2, 0) is 14.3 Å². The first-order chi connectivity index (χ1) is 12.1. The topological polar surface area (TPSA) is 75.7 Å². The molecule has 128 valence electrons. The van der Waals surface area contributed by atoms with Crippen molar-refractivity contribution in [2.24, 2.45) is 0 Å². The number of nitrogens with one attached hydrogen (secondary N) is 1. The van der Waals surface area contributed by atoms with Crippen LogP contribution in [-0.4, -0.2) is 36.0 Å². The van der Waals surface area contributed by atoms with Gasteiger partial charge in [-0.25, -0.2) is 9.69 Å². The first-order valence-electron chi connectivity index (χ1n) is 7.67. The van der Waals surface area contributed by atoms with E-state index < -0.39 is 18.0 Å². The van der Waals surface area contributed by atoms with Crippen LogP contribution in [0.2, 0.25) is 0 Å². The van der Waals surface area contributed by atoms with Gasteiger partial charge in [-0.1, -0.05) is 36.4 Å². The van der Waals surface area contributed by atoms with Gasteiger partial charge in [0.05, 0.1) is 12.6 Å². The van der Waals surface area contributed by atoms with Crippen molar-refractivity contribution in [2.75, 3.05) is 13.2 Å². The van der Waals surface area contributed by atoms with E-state index in [1.807, 2.05) is 47.8 Å². The molecule has 1 aromatic heterocycles. The molecular formula is C18H16N2O4S. The fourth-order valence-electron chi connectivity index (χ4n) is 2.42. The van der Waals surface area contributed by atoms with Crippen molar-refractivity contribution < 1.29 is 19.1 Å². The minimum Gasteiger partial charge on any atom is -0.439 e. The number of thiophene rings is 1. The Hall–Kier alpha value is -2.93. The van der Waals surface area contributed by atoms with Crippen LogP contribution in [0, 0.1) is 0 Å². The van der Waals surface area contributed by atoms with Gasteiger partial charge in [0.25, 0.3) is 5.91 Å². The molecule has 1 N–H and O–H groups in total. The molecule has 25 heavy (non-hydrogen) atoms. The van der Waals surface area contributed by atoms with E-state index in [-0.39, 0.29) is 19.1 Å². The molecule has 0 aliphatic carbocycles. The summed E-state index contributed by atoms with van der Waals surface area (Å²) in [7, 11) is 0. The molecule has 0 radical (unpaired) electrons. The average molecular weight is 356 g/mol. The Morgan fingerprint density at radius 3 is 2.68 bits per heavy atom. The molecule has 0 saturated carbocycles. The van der Waals surface area contributed by atoms with Crippen LogP contribution in [0.3, 0.4) is 0 Å². The van der Waals surface area contributed by atoms with Gasteiger partial charge >= 0.3 is 6.09 Å². The molecule has 3 rings (SSSR count). The second kappa shape index (κ2) is 7.76. The molecule has 2 heterocycles. The SMILES string of the molecule is O=C(/C=C/c1cccs1)N[C@H](CN1C(=O)COC1=O)c1ccccc1. The lowest BCUT2D eigenvalue weighted by atomic mass is 10.1. The van der Waals surface area contributed by atoms with Crippen LogP contribution in [0.4, 0.5) is 4.79 Å². The molecule has 3 amide bonds. The number of nitrogens with zero attached hydrogens (tertiary/aromatic N) is 1. The van der Waals surface area contributed by atoms with Crippen LogP contribution in [0.25, 0.3) is 6.08 Å². The molecule has 0 bridgehead atoms. The standard InChI is InChI=1S/C18H16N2O4S/c21-16(9-8-14-7-4-10-25-14)19-15(13-5-2-1-3-6-13)11-20-17(22)12-24-18(20)23/h1-10,15H,11-12H2,(H,19,21)/b9-8+/t15-/m1/s1. The Bertz CT molecular complexity index is 771. The summed E-state index contributed by atoms with van der Waals surface area (Å²) in [5.41, 5.74) is 0.799. The summed E-state index contributed by atoms with van der Waals surface area (Å²) in [5.74, 6) is -0.712. The Balaban J connectivity index is 1.73. The Morgan fingerprint density at radius 2 is 2.04 bits per heavy atom. The number of rotatable bonds is 6. The number of carbonyl (C=O) groups excluding carboxylic acids is 3. The van der Waals surface area contributed by atoms with Crippen molar-refractivity contribution in [1.82, 2.24) is 10.2 Å². The van der Waals surface area contributed by atoms with Gasteiger partial charge in [0.2, 0.25) is 5.91 Å². The maximum absolute atomic E-state index is 12.2. The van der Waals surface area contributed by atoms with Crippen molar-refractivity contribution in [2.45, 2.75) is 6.04 Å². The lowest BCUT2D eigenvalue weighted by Crippen LogP contribution is -2.40. The van der Waals surface area contributed by atoms with E-state index in [4.69, 9.17) is 4.74 Å². The van der Waals surface area contributed by atoms with Gasteiger partial charge in [-0.05, 0) is 23.1 Å². The van der Waals surface area contributed by atoms with E-state index in [1.54, 1.807) is 6.08 Å². The van der Waals surface area contributed by atoms with Crippen LogP contribution in [0.1, 0.15) is 16.5 Å². The third-order valence-corrected chi connectivity index (χ3v) is 4.50. The summed E-state index contributed by atoms with van der Waals surface area (Å²) in [4.78, 5) is 37.7. The van der Waals surface area contributed by atoms with Crippen LogP contribution < -0.4 is 5.32 Å². The minimum absolute atomic E-state index is 0.0280. The largest absolute Gasteiger partial charge is 0.439 e. The number of ether oxygens (including phenoxy) is 1. The monoisotopic (exact) mass is 356 g/mol. The first-order valence-corrected chi connectivity index (χ1v) is 8.55. The first kappa shape index (κ1) is 16.9. The summed E-state index contributed by atoms with van der Waals surface area (Å²) in [5, 5.41) is 4.77. The van der Waals surface area contributed by atoms with Crippen LogP contribution in [0.5, 0.6) is 0 Å². The number of hydrogen-bond acceptors (Lipinski definition) is 5. The smallest absolute Gasteiger partial charge is 0.417 e. The fraction of sp³-hybridized carbons (Fsp3) is 0.167. The van der Waals surface area contributed by atoms with Crippen molar-refractivity contribution >= 4 is 35.3 Å². The zero-order chi connectivity index (χ0) is 17.6. The highest BCUT2D eigenvalue weighted by Crippen LogP contribution is 2.17. The summed E-state index contributed by atoms with van der Waals surface area (Å²) < 4.78 is 4.73. The lowest BCUT2D eigenvalue weighted by molar-refractivity contribution is -0.126. The van der Waals surface area contributed by atoms with Gasteiger partial charge in [-0.15, -0.1) is 11.3 Å². The number of benzene rings is 1. The van der Waals surface area contributed by atoms with Gasteiger partial charge in [-0.3, -0.25) is 9.59 Å². The molecule has 1 aliphatic heterocycles. The molecule has 1 fully saturated rings. The van der Waals surface area contributed by atoms with Crippen molar-refractivity contribution in [3.05, 3.63) is 64.4 Å². The van der Waals surface area contributed by atoms with E-state index in [2.05, 4.69) is 5.32 Å². The molecule has 2 aromatic rings. The molecule has 1 aliphatic rings. The highest BCUT2D eigenvalue weighted by molar-refractivity contribution is 7.10. The number of imide groups is 1. The highest BCUT2D eigenvalue weighted by atomic mass is 32.1. The van der Waals surface area contributed by atoms with E-state index in [9.17, 15) is 14.4 Å². The number of amides is 3. The third-order valence-electron chi connectivity index (χ3n) is 3.67. The Labute approximate surface area is 148 Å². The summed E-state index contributed by atoms with van der Waals surface area (Å²) in [6.07, 6.45) is 2.47. The fourth-order valence-corrected chi connectivity index (χ4v) is 3.04. The molecule has 1 atom stereocenters. The van der Waals surface area contributed by atoms with Gasteiger partial charge in [0.1, 0.15) is 0 Å². The van der Waals surface area contributed by atoms with Gasteiger partial charge in [0, 0.05) is 11.0 Å². The normalized spacial score (nSPS) is 15.4. The zero-order valence-corrected chi connectivity index (χ0v) is 14.1. The number of carbonyl (C=O) groups is 3. The van der Waals surface area contributed by atoms with Gasteiger partial charge < -0.3 is 10.1 Å². The van der Waals surface area contributed by atoms with Gasteiger partial charge in [0.15, 0.2) is 6.61 Å². The summed E-state index contributed by atoms with van der Waals surface area (Å²) in [6, 6.07) is 12.5. The number of hydrogen-bond donors (Lipinski definition) is 1. The Morgan fingerprint density at radius 1 is 1.24 bits per heavy atom. The van der Waals surface area contributed by atoms with Crippen LogP contribution >= 0.6 is 11.3 Å². The molecule has 0 unspecified atom stereocenters. The molecule has 1 saturated heterocycles. The minimum atomic E-state index is -0.686. The third kappa shape index (κ3) is 4.33. The molecule has 6 nitrogen and oxygen atoms in total. The van der Waals surface area contributed by atoms with E-state index >= 15 is 0 Å². The second-order valence-electron chi connectivity index (χ2n) is 5.38. The zero-order valence-electron chi connectivity index (χ0n) is 13.3. The van der Waals surface area contributed by atoms with Crippen molar-refractivity contribution in [3.63, 3.8) is 0 Å². The van der Waals surface area contributed by atoms with E-state index in [0.29, 0.717) is 0 Å². The Kier molecular flexibility index (Phi) is 5.25. The van der Waals surface area contributed by atoms with Crippen molar-refractivity contribution in [1.29, 1.82) is 0 Å². The van der Waals surface area contributed by atoms with Gasteiger partial charge in [-0.2, -0.15) is 0 Å². The quantitative estimate of drug-likeness (QED) is 0.807. The molecular weight excluding hydrogens is 340 g/mol. The molecule has 7 heteroatoms. The van der Waals surface area contributed by atoms with Crippen molar-refractivity contribution in [3.8, 4) is 0 Å². The maximum atomic E-state index is 12.2. The average Bonchev–Trinajstić information content (AvgIpc) is 3.25. The second-order valence-corrected chi connectivity index (χ2v) is 6.36. The van der Waals surface area contributed by atoms with Crippen LogP contribution in [0.15, 0.2) is 53.9 Å². The lowest BCUT2D eigenvalue weighted by Gasteiger charge is -2.22. The summed E-state index contributed by atoms with van der Waals surface area (Å²) in [6.45, 7) is -0.229. The number of cyclic esters (lactones) is 1. The molecule has 0 spiro atoms. The highest BCUT2D eigenvalue weighted by Gasteiger charge is 2.33. The van der Waals surface area contributed by atoms with E-state index in [1.165, 1.54) is 17.4 Å². The van der Waals surface area contributed by atoms with E-state index in [0.717, 1.165) is 15.3 Å². The maximum Gasteiger partial charge on any atom is 0.417 e. The molecule has 1 aromatic carbocycles. The summed E-state index contributed by atoms with van der Waals surface area (Å²) >= 11 is 1.53. The predicted molar refractivity (Wildman–Crippen MR) is 93.7 cm³/mol.